The second kappa shape index (κ2) is 14.6. The molecule has 0 atom stereocenters. The summed E-state index contributed by atoms with van der Waals surface area (Å²) < 4.78 is 42.3. The van der Waals surface area contributed by atoms with Crippen molar-refractivity contribution in [2.24, 2.45) is 4.99 Å². The lowest BCUT2D eigenvalue weighted by atomic mass is 10.2. The minimum absolute atomic E-state index is 0.228. The number of ether oxygens (including phenoxy) is 2. The van der Waals surface area contributed by atoms with Crippen LogP contribution in [0.1, 0.15) is 15.9 Å². The molecule has 1 fully saturated rings. The van der Waals surface area contributed by atoms with Crippen LogP contribution < -0.4 is 19.7 Å². The molecular weight excluding hydrogens is 557 g/mol. The molecule has 0 unspecified atom stereocenters. The van der Waals surface area contributed by atoms with Crippen molar-refractivity contribution >= 4 is 29.3 Å². The molecule has 4 rings (SSSR count). The normalized spacial score (nSPS) is 13.5. The zero-order valence-corrected chi connectivity index (χ0v) is 23.0. The number of nitrogens with one attached hydrogen (secondary N) is 1. The number of aliphatic carboxylic acids is 1. The predicted octanol–water partition coefficient (Wildman–Crippen LogP) is 4.83. The van der Waals surface area contributed by atoms with E-state index < -0.39 is 18.1 Å². The highest BCUT2D eigenvalue weighted by molar-refractivity contribution is 5.96. The summed E-state index contributed by atoms with van der Waals surface area (Å²) in [6, 6.07) is 22.7. The van der Waals surface area contributed by atoms with Gasteiger partial charge in [0.15, 0.2) is 5.96 Å². The third kappa shape index (κ3) is 9.32. The first-order valence-corrected chi connectivity index (χ1v) is 12.7. The molecule has 3 aromatic carbocycles. The lowest BCUT2D eigenvalue weighted by Crippen LogP contribution is -2.50. The van der Waals surface area contributed by atoms with Gasteiger partial charge in [0.1, 0.15) is 11.5 Å². The molecule has 1 aliphatic heterocycles. The molecule has 1 heterocycles. The van der Waals surface area contributed by atoms with Crippen LogP contribution in [-0.2, 0) is 11.3 Å². The minimum Gasteiger partial charge on any atom is -0.497 e. The quantitative estimate of drug-likeness (QED) is 0.263. The number of alkyl halides is 3. The Morgan fingerprint density at radius 3 is 2.07 bits per heavy atom. The van der Waals surface area contributed by atoms with Gasteiger partial charge in [-0.05, 0) is 60.2 Å². The lowest BCUT2D eigenvalue weighted by molar-refractivity contribution is -0.192. The van der Waals surface area contributed by atoms with E-state index in [1.165, 1.54) is 0 Å². The molecule has 0 bridgehead atoms. The van der Waals surface area contributed by atoms with Crippen LogP contribution in [0.15, 0.2) is 77.8 Å². The van der Waals surface area contributed by atoms with Gasteiger partial charge in [-0.3, -0.25) is 0 Å². The predicted molar refractivity (Wildman–Crippen MR) is 152 cm³/mol. The van der Waals surface area contributed by atoms with Crippen molar-refractivity contribution in [3.05, 3.63) is 83.9 Å². The first kappa shape index (κ1) is 31.6. The van der Waals surface area contributed by atoms with Gasteiger partial charge in [-0.1, -0.05) is 18.2 Å². The first-order valence-electron chi connectivity index (χ1n) is 12.7. The van der Waals surface area contributed by atoms with Gasteiger partial charge in [0.05, 0.1) is 26.3 Å². The Morgan fingerprint density at radius 2 is 1.50 bits per heavy atom. The zero-order valence-electron chi connectivity index (χ0n) is 23.0. The molecule has 13 heteroatoms. The molecule has 224 valence electrons. The molecule has 0 aliphatic carbocycles. The van der Waals surface area contributed by atoms with Crippen molar-refractivity contribution in [2.45, 2.75) is 12.7 Å². The maximum Gasteiger partial charge on any atom is 0.490 e. The molecule has 1 saturated heterocycles. The van der Waals surface area contributed by atoms with Gasteiger partial charge in [0.2, 0.25) is 0 Å². The molecule has 1 aliphatic rings. The van der Waals surface area contributed by atoms with Gasteiger partial charge in [0, 0.05) is 37.6 Å². The third-order valence-corrected chi connectivity index (χ3v) is 6.17. The number of methoxy groups -OCH3 is 2. The Labute approximate surface area is 240 Å². The fourth-order valence-electron chi connectivity index (χ4n) is 3.98. The number of rotatable bonds is 7. The number of aromatic carboxylic acids is 1. The molecule has 0 saturated carbocycles. The largest absolute Gasteiger partial charge is 0.497 e. The Hall–Kier alpha value is -4.94. The number of carboxylic acids is 2. The average Bonchev–Trinajstić information content (AvgIpc) is 2.99. The van der Waals surface area contributed by atoms with Gasteiger partial charge < -0.3 is 34.8 Å². The molecule has 0 spiro atoms. The van der Waals surface area contributed by atoms with E-state index in [0.717, 1.165) is 48.9 Å². The number of piperazine rings is 1. The SMILES string of the molecule is COc1ccc(N2CCN(C(=NCc3cccc(OC)c3)Nc3cccc(C(=O)O)c3)CC2)cc1.O=C(O)C(F)(F)F. The van der Waals surface area contributed by atoms with Crippen molar-refractivity contribution in [1.82, 2.24) is 4.90 Å². The number of guanidine groups is 1. The fraction of sp³-hybridized carbons (Fsp3) is 0.276. The maximum atomic E-state index is 11.4. The summed E-state index contributed by atoms with van der Waals surface area (Å²) in [7, 11) is 3.31. The van der Waals surface area contributed by atoms with Gasteiger partial charge in [-0.2, -0.15) is 13.2 Å². The van der Waals surface area contributed by atoms with Crippen LogP contribution in [0.25, 0.3) is 0 Å². The second-order valence-electron chi connectivity index (χ2n) is 8.98. The first-order chi connectivity index (χ1) is 20.0. The van der Waals surface area contributed by atoms with Gasteiger partial charge >= 0.3 is 18.1 Å². The number of carbonyl (C=O) groups is 2. The van der Waals surface area contributed by atoms with Crippen molar-refractivity contribution in [2.75, 3.05) is 50.6 Å². The summed E-state index contributed by atoms with van der Waals surface area (Å²) >= 11 is 0. The molecule has 0 aromatic heterocycles. The van der Waals surface area contributed by atoms with Crippen LogP contribution >= 0.6 is 0 Å². The van der Waals surface area contributed by atoms with E-state index >= 15 is 0 Å². The molecule has 42 heavy (non-hydrogen) atoms. The number of anilines is 2. The van der Waals surface area contributed by atoms with Gasteiger partial charge in [-0.25, -0.2) is 14.6 Å². The van der Waals surface area contributed by atoms with Crippen LogP contribution in [0, 0.1) is 0 Å². The van der Waals surface area contributed by atoms with E-state index in [2.05, 4.69) is 27.2 Å². The number of halogens is 3. The highest BCUT2D eigenvalue weighted by atomic mass is 19.4. The number of benzene rings is 3. The van der Waals surface area contributed by atoms with E-state index in [-0.39, 0.29) is 5.56 Å². The van der Waals surface area contributed by atoms with E-state index in [1.807, 2.05) is 42.5 Å². The summed E-state index contributed by atoms with van der Waals surface area (Å²) in [6.07, 6.45) is -5.08. The summed E-state index contributed by atoms with van der Waals surface area (Å²) in [6.45, 7) is 3.68. The minimum atomic E-state index is -5.08. The van der Waals surface area contributed by atoms with Crippen LogP contribution in [-0.4, -0.2) is 79.6 Å². The topological polar surface area (TPSA) is 124 Å². The number of hydrogen-bond donors (Lipinski definition) is 3. The average molecular weight is 589 g/mol. The summed E-state index contributed by atoms with van der Waals surface area (Å²) in [5.41, 5.74) is 3.10. The summed E-state index contributed by atoms with van der Waals surface area (Å²) in [5.74, 6) is -1.38. The fourth-order valence-corrected chi connectivity index (χ4v) is 3.98. The summed E-state index contributed by atoms with van der Waals surface area (Å²) in [5, 5.41) is 19.9. The van der Waals surface area contributed by atoms with E-state index in [1.54, 1.807) is 32.4 Å². The molecule has 3 aromatic rings. The summed E-state index contributed by atoms with van der Waals surface area (Å²) in [4.78, 5) is 29.7. The van der Waals surface area contributed by atoms with Crippen molar-refractivity contribution in [3.8, 4) is 11.5 Å². The van der Waals surface area contributed by atoms with Crippen molar-refractivity contribution in [1.29, 1.82) is 0 Å². The smallest absolute Gasteiger partial charge is 0.490 e. The highest BCUT2D eigenvalue weighted by Gasteiger charge is 2.38. The Morgan fingerprint density at radius 1 is 0.881 bits per heavy atom. The van der Waals surface area contributed by atoms with Crippen LogP contribution in [0.2, 0.25) is 0 Å². The Kier molecular flexibility index (Phi) is 11.0. The number of nitrogens with zero attached hydrogens (tertiary/aromatic N) is 3. The monoisotopic (exact) mass is 588 g/mol. The molecule has 0 amide bonds. The highest BCUT2D eigenvalue weighted by Crippen LogP contribution is 2.21. The molecular formula is C29H31F3N4O6. The van der Waals surface area contributed by atoms with E-state index in [0.29, 0.717) is 18.2 Å². The Balaban J connectivity index is 0.000000616. The second-order valence-corrected chi connectivity index (χ2v) is 8.98. The Bertz CT molecular complexity index is 1370. The van der Waals surface area contributed by atoms with E-state index in [4.69, 9.17) is 24.4 Å². The van der Waals surface area contributed by atoms with Crippen molar-refractivity contribution in [3.63, 3.8) is 0 Å². The van der Waals surface area contributed by atoms with Crippen molar-refractivity contribution < 1.29 is 42.4 Å². The zero-order chi connectivity index (χ0) is 30.7. The lowest BCUT2D eigenvalue weighted by Gasteiger charge is -2.37. The maximum absolute atomic E-state index is 11.4. The van der Waals surface area contributed by atoms with Crippen LogP contribution in [0.4, 0.5) is 24.5 Å². The molecule has 0 radical (unpaired) electrons. The number of aliphatic imine (C=N–C) groups is 1. The number of hydrogen-bond acceptors (Lipinski definition) is 6. The van der Waals surface area contributed by atoms with Gasteiger partial charge in [-0.15, -0.1) is 0 Å². The molecule has 10 nitrogen and oxygen atoms in total. The van der Waals surface area contributed by atoms with Crippen LogP contribution in [0.3, 0.4) is 0 Å². The molecule has 3 N–H and O–H groups in total. The number of carboxylic acid groups (broad SMARTS) is 2. The van der Waals surface area contributed by atoms with Gasteiger partial charge in [0.25, 0.3) is 0 Å². The van der Waals surface area contributed by atoms with Crippen LogP contribution in [0.5, 0.6) is 11.5 Å². The van der Waals surface area contributed by atoms with E-state index in [9.17, 15) is 23.1 Å². The third-order valence-electron chi connectivity index (χ3n) is 6.17. The standard InChI is InChI=1S/C27H30N4O4.C2HF3O2/c1-34-24-11-9-23(10-12-24)30-13-15-31(16-14-30)27(28-19-20-5-3-8-25(17-20)35-2)29-22-7-4-6-21(18-22)26(32)33;3-2(4,5)1(6)7/h3-12,17-18H,13-16,19H2,1-2H3,(H,28,29)(H,32,33);(H,6,7).